The molecule has 0 fully saturated rings. The summed E-state index contributed by atoms with van der Waals surface area (Å²) >= 11 is 0. The number of rotatable bonds is 3. The molecule has 0 aliphatic rings. The molecule has 2 aromatic carbocycles. The summed E-state index contributed by atoms with van der Waals surface area (Å²) in [5, 5.41) is 2.91. The van der Waals surface area contributed by atoms with Crippen molar-refractivity contribution in [2.75, 3.05) is 5.32 Å². The van der Waals surface area contributed by atoms with Crippen molar-refractivity contribution in [3.8, 4) is 0 Å². The van der Waals surface area contributed by atoms with E-state index in [9.17, 15) is 4.79 Å². The highest BCUT2D eigenvalue weighted by molar-refractivity contribution is 5.89. The smallest absolute Gasteiger partial charge is 0.221 e. The van der Waals surface area contributed by atoms with Gasteiger partial charge < -0.3 is 5.32 Å². The molecule has 2 nitrogen and oxygen atoms in total. The average Bonchev–Trinajstić information content (AvgIpc) is 2.40. The van der Waals surface area contributed by atoms with Crippen molar-refractivity contribution in [2.24, 2.45) is 0 Å². The van der Waals surface area contributed by atoms with E-state index in [2.05, 4.69) is 37.4 Å². The van der Waals surface area contributed by atoms with Crippen LogP contribution in [0.1, 0.15) is 36.5 Å². The van der Waals surface area contributed by atoms with Gasteiger partial charge in [-0.05, 0) is 24.1 Å². The number of aryl methyl sites for hydroxylation is 1. The third-order valence-electron chi connectivity index (χ3n) is 3.28. The van der Waals surface area contributed by atoms with E-state index in [0.717, 1.165) is 11.3 Å². The number of hydrogen-bond donors (Lipinski definition) is 1. The van der Waals surface area contributed by atoms with Crippen LogP contribution in [-0.2, 0) is 4.79 Å². The van der Waals surface area contributed by atoms with E-state index in [4.69, 9.17) is 0 Å². The zero-order valence-corrected chi connectivity index (χ0v) is 11.6. The third kappa shape index (κ3) is 3.22. The fourth-order valence-electron chi connectivity index (χ4n) is 2.27. The lowest BCUT2D eigenvalue weighted by Crippen LogP contribution is -2.10. The summed E-state index contributed by atoms with van der Waals surface area (Å²) in [5.41, 5.74) is 4.50. The van der Waals surface area contributed by atoms with Crippen LogP contribution in [0.15, 0.2) is 48.5 Å². The van der Waals surface area contributed by atoms with Gasteiger partial charge in [-0.15, -0.1) is 0 Å². The molecule has 0 aromatic heterocycles. The van der Waals surface area contributed by atoms with Crippen LogP contribution in [-0.4, -0.2) is 5.91 Å². The first kappa shape index (κ1) is 13.3. The van der Waals surface area contributed by atoms with Crippen molar-refractivity contribution in [1.29, 1.82) is 0 Å². The molecule has 0 saturated carbocycles. The number of carbonyl (C=O) groups is 1. The van der Waals surface area contributed by atoms with Gasteiger partial charge in [0.1, 0.15) is 0 Å². The largest absolute Gasteiger partial charge is 0.326 e. The molecule has 0 bridgehead atoms. The van der Waals surface area contributed by atoms with Gasteiger partial charge in [0.05, 0.1) is 0 Å². The van der Waals surface area contributed by atoms with Crippen molar-refractivity contribution in [3.05, 3.63) is 65.2 Å². The lowest BCUT2D eigenvalue weighted by atomic mass is 9.91. The van der Waals surface area contributed by atoms with Gasteiger partial charge in [-0.2, -0.15) is 0 Å². The molecule has 1 unspecified atom stereocenters. The molecule has 0 spiro atoms. The highest BCUT2D eigenvalue weighted by Crippen LogP contribution is 2.30. The van der Waals surface area contributed by atoms with Gasteiger partial charge in [0, 0.05) is 18.5 Å². The second-order valence-corrected chi connectivity index (χ2v) is 4.90. The molecule has 2 aromatic rings. The van der Waals surface area contributed by atoms with Crippen molar-refractivity contribution < 1.29 is 4.79 Å². The third-order valence-corrected chi connectivity index (χ3v) is 3.28. The molecule has 0 saturated heterocycles. The second-order valence-electron chi connectivity index (χ2n) is 4.90. The Morgan fingerprint density at radius 1 is 1.11 bits per heavy atom. The van der Waals surface area contributed by atoms with E-state index in [1.54, 1.807) is 0 Å². The topological polar surface area (TPSA) is 29.1 Å². The van der Waals surface area contributed by atoms with Gasteiger partial charge in [-0.25, -0.2) is 0 Å². The van der Waals surface area contributed by atoms with E-state index in [1.165, 1.54) is 18.1 Å². The first-order valence-electron chi connectivity index (χ1n) is 6.51. The predicted molar refractivity (Wildman–Crippen MR) is 79.4 cm³/mol. The number of carbonyl (C=O) groups excluding carboxylic acids is 1. The van der Waals surface area contributed by atoms with Crippen LogP contribution in [0.3, 0.4) is 0 Å². The Labute approximate surface area is 114 Å². The maximum atomic E-state index is 11.3. The van der Waals surface area contributed by atoms with E-state index < -0.39 is 0 Å². The van der Waals surface area contributed by atoms with E-state index >= 15 is 0 Å². The van der Waals surface area contributed by atoms with Crippen LogP contribution < -0.4 is 5.32 Å². The Morgan fingerprint density at radius 3 is 2.42 bits per heavy atom. The van der Waals surface area contributed by atoms with Crippen molar-refractivity contribution in [1.82, 2.24) is 0 Å². The SMILES string of the molecule is CC(=O)Nc1ccc(C)cc1C(C)c1ccccc1. The standard InChI is InChI=1S/C17H19NO/c1-12-9-10-17(18-14(3)19)16(11-12)13(2)15-7-5-4-6-8-15/h4-11,13H,1-3H3,(H,18,19). The average molecular weight is 253 g/mol. The van der Waals surface area contributed by atoms with Crippen molar-refractivity contribution >= 4 is 11.6 Å². The monoisotopic (exact) mass is 253 g/mol. The minimum Gasteiger partial charge on any atom is -0.326 e. The number of nitrogens with one attached hydrogen (secondary N) is 1. The van der Waals surface area contributed by atoms with Crippen LogP contribution >= 0.6 is 0 Å². The Kier molecular flexibility index (Phi) is 4.00. The first-order chi connectivity index (χ1) is 9.08. The maximum absolute atomic E-state index is 11.3. The highest BCUT2D eigenvalue weighted by Gasteiger charge is 2.13. The first-order valence-corrected chi connectivity index (χ1v) is 6.51. The van der Waals surface area contributed by atoms with Crippen LogP contribution in [0.4, 0.5) is 5.69 Å². The van der Waals surface area contributed by atoms with Gasteiger partial charge in [-0.1, -0.05) is 55.0 Å². The molecule has 0 radical (unpaired) electrons. The molecule has 2 rings (SSSR count). The number of hydrogen-bond acceptors (Lipinski definition) is 1. The summed E-state index contributed by atoms with van der Waals surface area (Å²) in [6, 6.07) is 16.5. The zero-order chi connectivity index (χ0) is 13.8. The number of amides is 1. The molecule has 98 valence electrons. The van der Waals surface area contributed by atoms with E-state index in [0.29, 0.717) is 0 Å². The summed E-state index contributed by atoms with van der Waals surface area (Å²) in [4.78, 5) is 11.3. The Morgan fingerprint density at radius 2 is 1.79 bits per heavy atom. The Balaban J connectivity index is 2.42. The van der Waals surface area contributed by atoms with Crippen molar-refractivity contribution in [3.63, 3.8) is 0 Å². The molecule has 19 heavy (non-hydrogen) atoms. The van der Waals surface area contributed by atoms with Gasteiger partial charge in [0.15, 0.2) is 0 Å². The lowest BCUT2D eigenvalue weighted by Gasteiger charge is -2.18. The zero-order valence-electron chi connectivity index (χ0n) is 11.6. The van der Waals surface area contributed by atoms with E-state index in [1.807, 2.05) is 30.3 Å². The Hall–Kier alpha value is -2.09. The molecule has 1 N–H and O–H groups in total. The summed E-state index contributed by atoms with van der Waals surface area (Å²) < 4.78 is 0. The van der Waals surface area contributed by atoms with Crippen molar-refractivity contribution in [2.45, 2.75) is 26.7 Å². The fraction of sp³-hybridized carbons (Fsp3) is 0.235. The fourth-order valence-corrected chi connectivity index (χ4v) is 2.27. The second kappa shape index (κ2) is 5.70. The predicted octanol–water partition coefficient (Wildman–Crippen LogP) is 4.11. The summed E-state index contributed by atoms with van der Waals surface area (Å²) in [6.45, 7) is 5.77. The molecule has 1 atom stereocenters. The summed E-state index contributed by atoms with van der Waals surface area (Å²) in [5.74, 6) is 0.216. The minimum atomic E-state index is -0.0367. The molecular weight excluding hydrogens is 234 g/mol. The van der Waals surface area contributed by atoms with Gasteiger partial charge in [0.25, 0.3) is 0 Å². The molecule has 1 amide bonds. The lowest BCUT2D eigenvalue weighted by molar-refractivity contribution is -0.114. The Bertz CT molecular complexity index is 575. The van der Waals surface area contributed by atoms with Crippen LogP contribution in [0.25, 0.3) is 0 Å². The van der Waals surface area contributed by atoms with Gasteiger partial charge in [-0.3, -0.25) is 4.79 Å². The number of benzene rings is 2. The quantitative estimate of drug-likeness (QED) is 0.876. The van der Waals surface area contributed by atoms with Crippen LogP contribution in [0, 0.1) is 6.92 Å². The highest BCUT2D eigenvalue weighted by atomic mass is 16.1. The van der Waals surface area contributed by atoms with E-state index in [-0.39, 0.29) is 11.8 Å². The maximum Gasteiger partial charge on any atom is 0.221 e. The molecule has 0 aliphatic carbocycles. The van der Waals surface area contributed by atoms with Gasteiger partial charge >= 0.3 is 0 Å². The molecule has 0 heterocycles. The van der Waals surface area contributed by atoms with Gasteiger partial charge in [0.2, 0.25) is 5.91 Å². The molecular formula is C17H19NO. The summed E-state index contributed by atoms with van der Waals surface area (Å²) in [7, 11) is 0. The van der Waals surface area contributed by atoms with Crippen LogP contribution in [0.2, 0.25) is 0 Å². The summed E-state index contributed by atoms with van der Waals surface area (Å²) in [6.07, 6.45) is 0. The molecule has 2 heteroatoms. The number of anilines is 1. The molecule has 0 aliphatic heterocycles. The van der Waals surface area contributed by atoms with Crippen LogP contribution in [0.5, 0.6) is 0 Å². The minimum absolute atomic E-state index is 0.0367. The normalized spacial score (nSPS) is 11.9.